The van der Waals surface area contributed by atoms with Crippen molar-refractivity contribution in [2.75, 3.05) is 0 Å². The summed E-state index contributed by atoms with van der Waals surface area (Å²) in [6.07, 6.45) is 3.99. The van der Waals surface area contributed by atoms with E-state index < -0.39 is 23.1 Å². The number of benzene rings is 1. The Labute approximate surface area is 137 Å². The first-order chi connectivity index (χ1) is 11.5. The van der Waals surface area contributed by atoms with Crippen LogP contribution in [-0.2, 0) is 10.2 Å². The van der Waals surface area contributed by atoms with Crippen molar-refractivity contribution in [2.24, 2.45) is 0 Å². The number of hydrogen-bond donors (Lipinski definition) is 2. The topological polar surface area (TPSA) is 62.2 Å². The average molecular weight is 330 g/mol. The first-order valence-electron chi connectivity index (χ1n) is 7.52. The van der Waals surface area contributed by atoms with E-state index in [1.165, 1.54) is 24.4 Å². The van der Waals surface area contributed by atoms with Crippen LogP contribution < -0.4 is 5.48 Å². The monoisotopic (exact) mass is 330 g/mol. The molecule has 6 heteroatoms. The fourth-order valence-corrected chi connectivity index (χ4v) is 3.27. The van der Waals surface area contributed by atoms with Crippen molar-refractivity contribution in [1.29, 1.82) is 0 Å². The molecule has 0 saturated carbocycles. The third-order valence-corrected chi connectivity index (χ3v) is 4.56. The van der Waals surface area contributed by atoms with Crippen LogP contribution in [0.15, 0.2) is 42.6 Å². The lowest BCUT2D eigenvalue weighted by Crippen LogP contribution is -2.41. The van der Waals surface area contributed by atoms with Crippen LogP contribution in [0, 0.1) is 18.7 Å². The zero-order valence-corrected chi connectivity index (χ0v) is 13.0. The highest BCUT2D eigenvalue weighted by Gasteiger charge is 2.43. The molecule has 0 bridgehead atoms. The van der Waals surface area contributed by atoms with Gasteiger partial charge in [-0.1, -0.05) is 18.2 Å². The van der Waals surface area contributed by atoms with Crippen LogP contribution in [0.25, 0.3) is 5.57 Å². The molecule has 2 aromatic rings. The van der Waals surface area contributed by atoms with Gasteiger partial charge in [-0.05, 0) is 60.2 Å². The van der Waals surface area contributed by atoms with Crippen LogP contribution in [0.1, 0.15) is 29.5 Å². The minimum Gasteiger partial charge on any atom is -0.289 e. The Balaban J connectivity index is 2.13. The summed E-state index contributed by atoms with van der Waals surface area (Å²) >= 11 is 0. The predicted molar refractivity (Wildman–Crippen MR) is 84.2 cm³/mol. The lowest BCUT2D eigenvalue weighted by Gasteiger charge is -2.27. The first-order valence-corrected chi connectivity index (χ1v) is 7.52. The summed E-state index contributed by atoms with van der Waals surface area (Å²) < 4.78 is 27.0. The van der Waals surface area contributed by atoms with Crippen LogP contribution in [0.2, 0.25) is 0 Å². The van der Waals surface area contributed by atoms with Crippen molar-refractivity contribution in [2.45, 2.75) is 25.2 Å². The molecule has 0 spiro atoms. The van der Waals surface area contributed by atoms with Gasteiger partial charge in [0.1, 0.15) is 5.82 Å². The fraction of sp³-hybridized carbons (Fsp3) is 0.222. The summed E-state index contributed by atoms with van der Waals surface area (Å²) in [7, 11) is 0. The predicted octanol–water partition coefficient (Wildman–Crippen LogP) is 3.29. The summed E-state index contributed by atoms with van der Waals surface area (Å²) in [5, 5.41) is 9.19. The SMILES string of the molecule is Cc1c(F)cccc1[C@@]1(C(=O)NO)C=C(c2ccc(F)nc2)CC1. The second-order valence-corrected chi connectivity index (χ2v) is 5.86. The van der Waals surface area contributed by atoms with Gasteiger partial charge < -0.3 is 0 Å². The van der Waals surface area contributed by atoms with Gasteiger partial charge in [-0.2, -0.15) is 4.39 Å². The largest absolute Gasteiger partial charge is 0.289 e. The molecule has 3 rings (SSSR count). The number of nitrogens with one attached hydrogen (secondary N) is 1. The highest BCUT2D eigenvalue weighted by Crippen LogP contribution is 2.44. The number of amides is 1. The summed E-state index contributed by atoms with van der Waals surface area (Å²) in [5.74, 6) is -1.62. The van der Waals surface area contributed by atoms with Gasteiger partial charge in [0.2, 0.25) is 5.95 Å². The molecule has 1 aromatic carbocycles. The number of nitrogens with zero attached hydrogens (tertiary/aromatic N) is 1. The molecular formula is C18H16F2N2O2. The van der Waals surface area contributed by atoms with Gasteiger partial charge in [0.15, 0.2) is 0 Å². The molecular weight excluding hydrogens is 314 g/mol. The molecule has 1 aliphatic rings. The molecule has 2 N–H and O–H groups in total. The number of rotatable bonds is 3. The third kappa shape index (κ3) is 2.59. The molecule has 0 saturated heterocycles. The van der Waals surface area contributed by atoms with Crippen molar-refractivity contribution < 1.29 is 18.8 Å². The van der Waals surface area contributed by atoms with E-state index in [1.807, 2.05) is 0 Å². The summed E-state index contributed by atoms with van der Waals surface area (Å²) in [6.45, 7) is 1.60. The Hall–Kier alpha value is -2.60. The molecule has 1 aliphatic carbocycles. The number of halogens is 2. The Morgan fingerprint density at radius 1 is 1.29 bits per heavy atom. The van der Waals surface area contributed by atoms with E-state index in [1.54, 1.807) is 30.6 Å². The number of carbonyl (C=O) groups is 1. The maximum atomic E-state index is 14.0. The lowest BCUT2D eigenvalue weighted by atomic mass is 9.77. The molecule has 0 unspecified atom stereocenters. The fourth-order valence-electron chi connectivity index (χ4n) is 3.27. The minimum atomic E-state index is -1.18. The van der Waals surface area contributed by atoms with E-state index in [0.717, 1.165) is 5.57 Å². The van der Waals surface area contributed by atoms with Gasteiger partial charge in [0, 0.05) is 6.20 Å². The number of allylic oxidation sites excluding steroid dienone is 1. The van der Waals surface area contributed by atoms with Crippen molar-refractivity contribution in [3.8, 4) is 0 Å². The number of aromatic nitrogens is 1. The van der Waals surface area contributed by atoms with Crippen LogP contribution in [0.5, 0.6) is 0 Å². The van der Waals surface area contributed by atoms with Crippen LogP contribution in [-0.4, -0.2) is 16.1 Å². The molecule has 124 valence electrons. The Kier molecular flexibility index (Phi) is 4.15. The Morgan fingerprint density at radius 2 is 2.08 bits per heavy atom. The quantitative estimate of drug-likeness (QED) is 0.516. The maximum absolute atomic E-state index is 14.0. The molecule has 0 radical (unpaired) electrons. The highest BCUT2D eigenvalue weighted by atomic mass is 19.1. The number of carbonyl (C=O) groups excluding carboxylic acids is 1. The van der Waals surface area contributed by atoms with E-state index in [9.17, 15) is 18.8 Å². The summed E-state index contributed by atoms with van der Waals surface area (Å²) in [5.41, 5.74) is 2.87. The standard InChI is InChI=1S/C18H16F2N2O2/c1-11-14(3-2-4-15(11)19)18(17(23)22-24)8-7-12(9-18)13-5-6-16(20)21-10-13/h2-6,9-10,24H,7-8H2,1H3,(H,22,23)/t18-/m0/s1. The van der Waals surface area contributed by atoms with Gasteiger partial charge in [-0.25, -0.2) is 14.9 Å². The van der Waals surface area contributed by atoms with Crippen molar-refractivity contribution in [3.05, 3.63) is 71.1 Å². The van der Waals surface area contributed by atoms with E-state index in [2.05, 4.69) is 4.98 Å². The van der Waals surface area contributed by atoms with Crippen LogP contribution >= 0.6 is 0 Å². The first kappa shape index (κ1) is 16.3. The second kappa shape index (κ2) is 6.13. The van der Waals surface area contributed by atoms with Crippen molar-refractivity contribution >= 4 is 11.5 Å². The average Bonchev–Trinajstić information content (AvgIpc) is 3.03. The normalized spacial score (nSPS) is 19.9. The van der Waals surface area contributed by atoms with Gasteiger partial charge in [0.05, 0.1) is 5.41 Å². The molecule has 1 heterocycles. The smallest absolute Gasteiger partial charge is 0.257 e. The van der Waals surface area contributed by atoms with Gasteiger partial charge in [0.25, 0.3) is 5.91 Å². The van der Waals surface area contributed by atoms with Gasteiger partial charge >= 0.3 is 0 Å². The maximum Gasteiger partial charge on any atom is 0.257 e. The molecule has 24 heavy (non-hydrogen) atoms. The zero-order valence-electron chi connectivity index (χ0n) is 13.0. The van der Waals surface area contributed by atoms with E-state index in [0.29, 0.717) is 29.5 Å². The lowest BCUT2D eigenvalue weighted by molar-refractivity contribution is -0.133. The number of pyridine rings is 1. The van der Waals surface area contributed by atoms with Crippen LogP contribution in [0.3, 0.4) is 0 Å². The molecule has 1 aromatic heterocycles. The molecule has 1 atom stereocenters. The molecule has 0 aliphatic heterocycles. The Bertz CT molecular complexity index is 818. The van der Waals surface area contributed by atoms with Crippen molar-refractivity contribution in [3.63, 3.8) is 0 Å². The van der Waals surface area contributed by atoms with Crippen LogP contribution in [0.4, 0.5) is 8.78 Å². The zero-order chi connectivity index (χ0) is 17.3. The van der Waals surface area contributed by atoms with E-state index in [4.69, 9.17) is 0 Å². The third-order valence-electron chi connectivity index (χ3n) is 4.56. The number of hydroxylamine groups is 1. The molecule has 0 fully saturated rings. The van der Waals surface area contributed by atoms with Gasteiger partial charge in [-0.15, -0.1) is 0 Å². The second-order valence-electron chi connectivity index (χ2n) is 5.86. The van der Waals surface area contributed by atoms with E-state index >= 15 is 0 Å². The minimum absolute atomic E-state index is 0.357. The Morgan fingerprint density at radius 3 is 2.75 bits per heavy atom. The van der Waals surface area contributed by atoms with E-state index in [-0.39, 0.29) is 0 Å². The number of hydrogen-bond acceptors (Lipinski definition) is 3. The summed E-state index contributed by atoms with van der Waals surface area (Å²) in [4.78, 5) is 16.1. The van der Waals surface area contributed by atoms with Gasteiger partial charge in [-0.3, -0.25) is 10.0 Å². The molecule has 4 nitrogen and oxygen atoms in total. The highest BCUT2D eigenvalue weighted by molar-refractivity contribution is 5.94. The molecule has 1 amide bonds. The van der Waals surface area contributed by atoms with Crippen molar-refractivity contribution in [1.82, 2.24) is 10.5 Å². The summed E-state index contributed by atoms with van der Waals surface area (Å²) in [6, 6.07) is 7.37.